The van der Waals surface area contributed by atoms with E-state index in [4.69, 9.17) is 0 Å². The molecule has 1 aromatic rings. The van der Waals surface area contributed by atoms with Crippen molar-refractivity contribution in [2.45, 2.75) is 46.0 Å². The maximum atomic E-state index is 4.34. The maximum absolute atomic E-state index is 4.34. The molecular weight excluding hydrogens is 216 g/mol. The summed E-state index contributed by atoms with van der Waals surface area (Å²) in [5.41, 5.74) is 2.98. The lowest BCUT2D eigenvalue weighted by Crippen LogP contribution is -2.22. The summed E-state index contributed by atoms with van der Waals surface area (Å²) in [5.74, 6) is 2.90. The lowest BCUT2D eigenvalue weighted by atomic mass is 9.69. The molecule has 98 valence electrons. The highest BCUT2D eigenvalue weighted by molar-refractivity contribution is 5.21. The Morgan fingerprint density at radius 3 is 2.39 bits per heavy atom. The summed E-state index contributed by atoms with van der Waals surface area (Å²) < 4.78 is 0. The van der Waals surface area contributed by atoms with Gasteiger partial charge in [0.25, 0.3) is 0 Å². The van der Waals surface area contributed by atoms with Crippen LogP contribution >= 0.6 is 0 Å². The van der Waals surface area contributed by atoms with E-state index >= 15 is 0 Å². The van der Waals surface area contributed by atoms with Crippen molar-refractivity contribution in [2.24, 2.45) is 17.8 Å². The van der Waals surface area contributed by atoms with Gasteiger partial charge < -0.3 is 0 Å². The first-order chi connectivity index (χ1) is 8.58. The standard InChI is InChI=1S/C18H26/c1-13(2)15(4)17-10-14(3)11-18(12-17)16-8-6-5-7-9-16/h5-9,13-14,17-18H,4,10-12H2,1-3H3. The van der Waals surface area contributed by atoms with Crippen molar-refractivity contribution in [3.8, 4) is 0 Å². The van der Waals surface area contributed by atoms with Crippen LogP contribution in [0.5, 0.6) is 0 Å². The minimum absolute atomic E-state index is 0.622. The van der Waals surface area contributed by atoms with Crippen molar-refractivity contribution in [2.75, 3.05) is 0 Å². The van der Waals surface area contributed by atoms with Crippen LogP contribution in [0.4, 0.5) is 0 Å². The van der Waals surface area contributed by atoms with Gasteiger partial charge in [-0.1, -0.05) is 63.3 Å². The highest BCUT2D eigenvalue weighted by Gasteiger charge is 2.29. The fraction of sp³-hybridized carbons (Fsp3) is 0.556. The van der Waals surface area contributed by atoms with Gasteiger partial charge in [0.2, 0.25) is 0 Å². The van der Waals surface area contributed by atoms with Crippen molar-refractivity contribution in [3.63, 3.8) is 0 Å². The van der Waals surface area contributed by atoms with Crippen molar-refractivity contribution >= 4 is 0 Å². The summed E-state index contributed by atoms with van der Waals surface area (Å²) in [6, 6.07) is 11.0. The molecule has 0 N–H and O–H groups in total. The maximum Gasteiger partial charge on any atom is -0.0154 e. The molecule has 0 saturated heterocycles. The molecule has 2 rings (SSSR count). The summed E-state index contributed by atoms with van der Waals surface area (Å²) in [6.45, 7) is 11.3. The first-order valence-electron chi connectivity index (χ1n) is 7.31. The normalized spacial score (nSPS) is 28.3. The Labute approximate surface area is 112 Å². The van der Waals surface area contributed by atoms with Gasteiger partial charge in [0.1, 0.15) is 0 Å². The first-order valence-corrected chi connectivity index (χ1v) is 7.31. The number of hydrogen-bond donors (Lipinski definition) is 0. The molecule has 0 nitrogen and oxygen atoms in total. The van der Waals surface area contributed by atoms with Crippen molar-refractivity contribution in [1.29, 1.82) is 0 Å². The van der Waals surface area contributed by atoms with Crippen LogP contribution in [0.25, 0.3) is 0 Å². The van der Waals surface area contributed by atoms with Gasteiger partial charge in [-0.3, -0.25) is 0 Å². The molecule has 1 saturated carbocycles. The summed E-state index contributed by atoms with van der Waals surface area (Å²) in [6.07, 6.45) is 3.97. The average molecular weight is 242 g/mol. The summed E-state index contributed by atoms with van der Waals surface area (Å²) in [5, 5.41) is 0. The third-order valence-electron chi connectivity index (χ3n) is 4.48. The van der Waals surface area contributed by atoms with Crippen LogP contribution in [0, 0.1) is 17.8 Å². The third kappa shape index (κ3) is 3.04. The number of hydrogen-bond acceptors (Lipinski definition) is 0. The molecule has 1 aliphatic rings. The highest BCUT2D eigenvalue weighted by atomic mass is 14.3. The van der Waals surface area contributed by atoms with Crippen molar-refractivity contribution in [3.05, 3.63) is 48.0 Å². The SMILES string of the molecule is C=C(C(C)C)C1CC(C)CC(c2ccccc2)C1. The Balaban J connectivity index is 2.12. The Morgan fingerprint density at radius 1 is 1.11 bits per heavy atom. The number of rotatable bonds is 3. The molecule has 1 fully saturated rings. The van der Waals surface area contributed by atoms with Crippen LogP contribution in [0.2, 0.25) is 0 Å². The molecule has 18 heavy (non-hydrogen) atoms. The molecule has 0 bridgehead atoms. The van der Waals surface area contributed by atoms with Gasteiger partial charge in [0.15, 0.2) is 0 Å². The second kappa shape index (κ2) is 5.73. The topological polar surface area (TPSA) is 0 Å². The van der Waals surface area contributed by atoms with E-state index in [9.17, 15) is 0 Å². The van der Waals surface area contributed by atoms with Crippen molar-refractivity contribution in [1.82, 2.24) is 0 Å². The van der Waals surface area contributed by atoms with Gasteiger partial charge in [-0.15, -0.1) is 0 Å². The van der Waals surface area contributed by atoms with Gasteiger partial charge >= 0.3 is 0 Å². The van der Waals surface area contributed by atoms with Gasteiger partial charge in [-0.25, -0.2) is 0 Å². The van der Waals surface area contributed by atoms with Crippen LogP contribution in [-0.4, -0.2) is 0 Å². The lowest BCUT2D eigenvalue weighted by Gasteiger charge is -2.36. The molecule has 3 unspecified atom stereocenters. The average Bonchev–Trinajstić information content (AvgIpc) is 2.38. The number of benzene rings is 1. The zero-order valence-corrected chi connectivity index (χ0v) is 12.0. The molecule has 0 aromatic heterocycles. The monoisotopic (exact) mass is 242 g/mol. The van der Waals surface area contributed by atoms with Gasteiger partial charge in [0, 0.05) is 0 Å². The molecule has 3 atom stereocenters. The van der Waals surface area contributed by atoms with E-state index in [1.165, 1.54) is 30.4 Å². The zero-order chi connectivity index (χ0) is 13.1. The van der Waals surface area contributed by atoms with Gasteiger partial charge in [-0.2, -0.15) is 0 Å². The molecular formula is C18H26. The lowest BCUT2D eigenvalue weighted by molar-refractivity contribution is 0.271. The quantitative estimate of drug-likeness (QED) is 0.621. The van der Waals surface area contributed by atoms with E-state index in [1.54, 1.807) is 0 Å². The first kappa shape index (κ1) is 13.4. The fourth-order valence-corrected chi connectivity index (χ4v) is 3.38. The smallest absolute Gasteiger partial charge is 0.0154 e. The van der Waals surface area contributed by atoms with Crippen LogP contribution in [-0.2, 0) is 0 Å². The molecule has 0 radical (unpaired) electrons. The molecule has 0 aliphatic heterocycles. The Hall–Kier alpha value is -1.04. The Bertz CT molecular complexity index is 388. The predicted molar refractivity (Wildman–Crippen MR) is 79.7 cm³/mol. The summed E-state index contributed by atoms with van der Waals surface area (Å²) >= 11 is 0. The largest absolute Gasteiger partial charge is 0.0993 e. The molecule has 0 heterocycles. The van der Waals surface area contributed by atoms with Crippen LogP contribution in [0.15, 0.2) is 42.5 Å². The van der Waals surface area contributed by atoms with E-state index in [1.807, 2.05) is 0 Å². The van der Waals surface area contributed by atoms with E-state index in [0.29, 0.717) is 5.92 Å². The fourth-order valence-electron chi connectivity index (χ4n) is 3.38. The van der Waals surface area contributed by atoms with Crippen LogP contribution < -0.4 is 0 Å². The second-order valence-corrected chi connectivity index (χ2v) is 6.35. The predicted octanol–water partition coefficient (Wildman–Crippen LogP) is 5.42. The van der Waals surface area contributed by atoms with Crippen LogP contribution in [0.1, 0.15) is 51.5 Å². The summed E-state index contributed by atoms with van der Waals surface area (Å²) in [4.78, 5) is 0. The van der Waals surface area contributed by atoms with Crippen molar-refractivity contribution < 1.29 is 0 Å². The van der Waals surface area contributed by atoms with E-state index in [0.717, 1.165) is 17.8 Å². The van der Waals surface area contributed by atoms with E-state index < -0.39 is 0 Å². The Kier molecular flexibility index (Phi) is 4.27. The Morgan fingerprint density at radius 2 is 1.78 bits per heavy atom. The minimum atomic E-state index is 0.622. The van der Waals surface area contributed by atoms with E-state index in [-0.39, 0.29) is 0 Å². The third-order valence-corrected chi connectivity index (χ3v) is 4.48. The minimum Gasteiger partial charge on any atom is -0.0993 e. The highest BCUT2D eigenvalue weighted by Crippen LogP contribution is 2.43. The zero-order valence-electron chi connectivity index (χ0n) is 12.0. The van der Waals surface area contributed by atoms with Gasteiger partial charge in [0.05, 0.1) is 0 Å². The second-order valence-electron chi connectivity index (χ2n) is 6.35. The number of allylic oxidation sites excluding steroid dienone is 1. The van der Waals surface area contributed by atoms with E-state index in [2.05, 4.69) is 57.7 Å². The summed E-state index contributed by atoms with van der Waals surface area (Å²) in [7, 11) is 0. The molecule has 0 heteroatoms. The molecule has 1 aromatic carbocycles. The molecule has 0 amide bonds. The van der Waals surface area contributed by atoms with Gasteiger partial charge in [-0.05, 0) is 48.5 Å². The molecule has 1 aliphatic carbocycles. The van der Waals surface area contributed by atoms with Crippen LogP contribution in [0.3, 0.4) is 0 Å². The molecule has 0 spiro atoms.